The van der Waals surface area contributed by atoms with Gasteiger partial charge in [0.1, 0.15) is 0 Å². The van der Waals surface area contributed by atoms with Crippen molar-refractivity contribution in [2.45, 2.75) is 231 Å². The molecule has 56 heavy (non-hydrogen) atoms. The lowest BCUT2D eigenvalue weighted by Crippen LogP contribution is -2.45. The van der Waals surface area contributed by atoms with Crippen LogP contribution in [0.1, 0.15) is 219 Å². The number of nitrogens with one attached hydrogen (secondary N) is 1. The molecule has 0 rings (SSSR count). The van der Waals surface area contributed by atoms with Gasteiger partial charge >= 0.3 is 0 Å². The van der Waals surface area contributed by atoms with Crippen LogP contribution in [0, 0.1) is 0 Å². The van der Waals surface area contributed by atoms with Crippen LogP contribution in [-0.2, 0) is 4.79 Å². The summed E-state index contributed by atoms with van der Waals surface area (Å²) in [6, 6.07) is -0.642. The van der Waals surface area contributed by atoms with Crippen molar-refractivity contribution in [3.05, 3.63) is 85.1 Å². The smallest absolute Gasteiger partial charge is 0.220 e. The number of allylic oxidation sites excluding steroid dienone is 13. The number of aliphatic hydroxyl groups is 2. The fourth-order valence-corrected chi connectivity index (χ4v) is 6.77. The molecule has 0 fully saturated rings. The zero-order chi connectivity index (χ0) is 40.7. The molecule has 0 radical (unpaired) electrons. The predicted octanol–water partition coefficient (Wildman–Crippen LogP) is 15.2. The summed E-state index contributed by atoms with van der Waals surface area (Å²) in [7, 11) is 0. The molecule has 0 bridgehead atoms. The molecule has 4 nitrogen and oxygen atoms in total. The second kappa shape index (κ2) is 46.9. The Balaban J connectivity index is 3.65. The van der Waals surface area contributed by atoms with Gasteiger partial charge in [-0.15, -0.1) is 0 Å². The van der Waals surface area contributed by atoms with E-state index in [1.165, 1.54) is 116 Å². The standard InChI is InChI=1S/C52H91NO3/c1-3-5-7-9-11-13-15-17-19-21-23-25-26-28-30-32-34-36-38-40-42-44-46-48-52(56)53-50(49-54)51(55)47-45-43-41-39-37-35-33-31-29-27-24-22-20-18-16-14-12-10-8-6-4-2/h5,7,11,13,17,19,23,25,28,30,34,36,45,47,50-51,54-55H,3-4,6,8-10,12,14-16,18,20-22,24,26-27,29,31-33,35,37-44,46,48-49H2,1-2H3,(H,53,56)/b7-5-,13-11-,19-17-,25-23-,30-28-,36-34-,47-45+. The molecule has 0 saturated heterocycles. The van der Waals surface area contributed by atoms with Gasteiger partial charge in [-0.05, 0) is 70.6 Å². The van der Waals surface area contributed by atoms with E-state index < -0.39 is 12.1 Å². The van der Waals surface area contributed by atoms with Gasteiger partial charge in [-0.2, -0.15) is 0 Å². The minimum absolute atomic E-state index is 0.0905. The highest BCUT2D eigenvalue weighted by Gasteiger charge is 2.17. The van der Waals surface area contributed by atoms with Gasteiger partial charge < -0.3 is 15.5 Å². The SMILES string of the molecule is CC/C=C\C/C=C\C/C=C\C/C=C\C/C=C\C/C=C\CCCCCCC(=O)NC(CO)C(O)/C=C/CCCCCCCCCCCCCCCCCCCCC. The first-order valence-corrected chi connectivity index (χ1v) is 23.8. The van der Waals surface area contributed by atoms with E-state index in [2.05, 4.69) is 92.1 Å². The second-order valence-electron chi connectivity index (χ2n) is 15.8. The molecule has 4 heteroatoms. The van der Waals surface area contributed by atoms with Crippen molar-refractivity contribution in [2.24, 2.45) is 0 Å². The van der Waals surface area contributed by atoms with Crippen LogP contribution >= 0.6 is 0 Å². The average molecular weight is 778 g/mol. The Morgan fingerprint density at radius 1 is 0.446 bits per heavy atom. The van der Waals surface area contributed by atoms with E-state index in [4.69, 9.17) is 0 Å². The summed E-state index contributed by atoms with van der Waals surface area (Å²) >= 11 is 0. The number of carbonyl (C=O) groups excluding carboxylic acids is 1. The van der Waals surface area contributed by atoms with Gasteiger partial charge in [0.05, 0.1) is 18.8 Å². The number of hydrogen-bond acceptors (Lipinski definition) is 3. The van der Waals surface area contributed by atoms with Gasteiger partial charge in [0.15, 0.2) is 0 Å². The highest BCUT2D eigenvalue weighted by molar-refractivity contribution is 5.76. The molecule has 0 aliphatic heterocycles. The largest absolute Gasteiger partial charge is 0.394 e. The van der Waals surface area contributed by atoms with Gasteiger partial charge in [-0.3, -0.25) is 4.79 Å². The highest BCUT2D eigenvalue weighted by atomic mass is 16.3. The van der Waals surface area contributed by atoms with E-state index in [1.54, 1.807) is 6.08 Å². The Labute approximate surface area is 348 Å². The number of unbranched alkanes of at least 4 members (excludes halogenated alkanes) is 23. The summed E-state index contributed by atoms with van der Waals surface area (Å²) in [5.74, 6) is -0.0905. The van der Waals surface area contributed by atoms with E-state index in [-0.39, 0.29) is 12.5 Å². The summed E-state index contributed by atoms with van der Waals surface area (Å²) in [5.41, 5.74) is 0. The van der Waals surface area contributed by atoms with Crippen molar-refractivity contribution in [2.75, 3.05) is 6.61 Å². The third-order valence-corrected chi connectivity index (χ3v) is 10.4. The molecule has 0 aliphatic rings. The average Bonchev–Trinajstić information content (AvgIpc) is 3.20. The minimum atomic E-state index is -0.856. The molecule has 1 amide bonds. The first-order chi connectivity index (χ1) is 27.7. The first-order valence-electron chi connectivity index (χ1n) is 23.8. The van der Waals surface area contributed by atoms with Crippen LogP contribution in [-0.4, -0.2) is 34.9 Å². The number of carbonyl (C=O) groups is 1. The number of aliphatic hydroxyl groups excluding tert-OH is 2. The second-order valence-corrected chi connectivity index (χ2v) is 15.8. The third-order valence-electron chi connectivity index (χ3n) is 10.4. The zero-order valence-corrected chi connectivity index (χ0v) is 36.9. The summed E-state index contributed by atoms with van der Waals surface area (Å²) in [6.45, 7) is 4.19. The van der Waals surface area contributed by atoms with Gasteiger partial charge in [0.25, 0.3) is 0 Å². The predicted molar refractivity (Wildman–Crippen MR) is 248 cm³/mol. The van der Waals surface area contributed by atoms with Gasteiger partial charge in [0, 0.05) is 6.42 Å². The molecule has 0 aromatic rings. The molecule has 0 spiro atoms. The molecule has 0 aliphatic carbocycles. The number of hydrogen-bond donors (Lipinski definition) is 3. The van der Waals surface area contributed by atoms with Crippen LogP contribution in [0.5, 0.6) is 0 Å². The Morgan fingerprint density at radius 2 is 0.786 bits per heavy atom. The molecule has 322 valence electrons. The monoisotopic (exact) mass is 778 g/mol. The number of amides is 1. The van der Waals surface area contributed by atoms with Crippen LogP contribution in [0.15, 0.2) is 85.1 Å². The molecule has 0 heterocycles. The molecular formula is C52H91NO3. The molecule has 2 unspecified atom stereocenters. The zero-order valence-electron chi connectivity index (χ0n) is 36.9. The van der Waals surface area contributed by atoms with Crippen molar-refractivity contribution in [3.63, 3.8) is 0 Å². The summed E-state index contributed by atoms with van der Waals surface area (Å²) < 4.78 is 0. The Hall–Kier alpha value is -2.43. The third kappa shape index (κ3) is 42.7. The lowest BCUT2D eigenvalue weighted by molar-refractivity contribution is -0.123. The molecular weight excluding hydrogens is 687 g/mol. The van der Waals surface area contributed by atoms with Crippen molar-refractivity contribution >= 4 is 5.91 Å². The fraction of sp³-hybridized carbons (Fsp3) is 0.712. The van der Waals surface area contributed by atoms with Crippen molar-refractivity contribution in [3.8, 4) is 0 Å². The maximum Gasteiger partial charge on any atom is 0.220 e. The van der Waals surface area contributed by atoms with Gasteiger partial charge in [-0.25, -0.2) is 0 Å². The normalized spacial score (nSPS) is 13.7. The van der Waals surface area contributed by atoms with Crippen LogP contribution in [0.4, 0.5) is 0 Å². The molecule has 2 atom stereocenters. The van der Waals surface area contributed by atoms with Crippen LogP contribution in [0.3, 0.4) is 0 Å². The van der Waals surface area contributed by atoms with Gasteiger partial charge in [0.2, 0.25) is 5.91 Å². The topological polar surface area (TPSA) is 69.6 Å². The van der Waals surface area contributed by atoms with Crippen LogP contribution in [0.2, 0.25) is 0 Å². The van der Waals surface area contributed by atoms with E-state index >= 15 is 0 Å². The maximum absolute atomic E-state index is 12.4. The van der Waals surface area contributed by atoms with Crippen LogP contribution < -0.4 is 5.32 Å². The van der Waals surface area contributed by atoms with Crippen molar-refractivity contribution < 1.29 is 15.0 Å². The molecule has 0 aromatic heterocycles. The minimum Gasteiger partial charge on any atom is -0.394 e. The summed E-state index contributed by atoms with van der Waals surface area (Å²) in [4.78, 5) is 12.4. The van der Waals surface area contributed by atoms with E-state index in [1.807, 2.05) is 6.08 Å². The highest BCUT2D eigenvalue weighted by Crippen LogP contribution is 2.15. The Kier molecular flexibility index (Phi) is 44.9. The molecule has 3 N–H and O–H groups in total. The summed E-state index contributed by atoms with van der Waals surface area (Å²) in [6.07, 6.45) is 68.4. The number of rotatable bonds is 42. The van der Waals surface area contributed by atoms with E-state index in [0.29, 0.717) is 6.42 Å². The molecule has 0 saturated carbocycles. The quantitative estimate of drug-likeness (QED) is 0.0427. The summed E-state index contributed by atoms with van der Waals surface area (Å²) in [5, 5.41) is 23.1. The molecule has 0 aromatic carbocycles. The Morgan fingerprint density at radius 3 is 1.18 bits per heavy atom. The van der Waals surface area contributed by atoms with E-state index in [9.17, 15) is 15.0 Å². The van der Waals surface area contributed by atoms with E-state index in [0.717, 1.165) is 83.5 Å². The Bertz CT molecular complexity index is 1020. The maximum atomic E-state index is 12.4. The first kappa shape index (κ1) is 53.6. The van der Waals surface area contributed by atoms with Crippen molar-refractivity contribution in [1.82, 2.24) is 5.32 Å². The van der Waals surface area contributed by atoms with Crippen molar-refractivity contribution in [1.29, 1.82) is 0 Å². The van der Waals surface area contributed by atoms with Crippen LogP contribution in [0.25, 0.3) is 0 Å². The lowest BCUT2D eigenvalue weighted by atomic mass is 10.0. The lowest BCUT2D eigenvalue weighted by Gasteiger charge is -2.20. The fourth-order valence-electron chi connectivity index (χ4n) is 6.77. The van der Waals surface area contributed by atoms with Gasteiger partial charge in [-0.1, -0.05) is 227 Å².